The van der Waals surface area contributed by atoms with Crippen molar-refractivity contribution in [3.05, 3.63) is 16.8 Å². The number of hydrogen-bond donors (Lipinski definition) is 3. The molecule has 4 rings (SSSR count). The van der Waals surface area contributed by atoms with E-state index in [4.69, 9.17) is 60.2 Å². The first kappa shape index (κ1) is 50.4. The molecule has 1 aromatic heterocycles. The zero-order valence-corrected chi connectivity index (χ0v) is 36.2. The summed E-state index contributed by atoms with van der Waals surface area (Å²) in [6, 6.07) is 0. The molecule has 7 unspecified atom stereocenters. The van der Waals surface area contributed by atoms with Crippen molar-refractivity contribution < 1.29 is 39.4 Å². The number of nitrogen functional groups attached to an aromatic ring is 1. The molecule has 15 nitrogen and oxygen atoms in total. The zero-order chi connectivity index (χ0) is 40.7. The van der Waals surface area contributed by atoms with Gasteiger partial charge >= 0.3 is 21.3 Å². The fourth-order valence-electron chi connectivity index (χ4n) is 4.52. The van der Waals surface area contributed by atoms with Crippen LogP contribution in [-0.4, -0.2) is 86.9 Å². The normalized spacial score (nSPS) is 25.8. The van der Waals surface area contributed by atoms with E-state index in [1.807, 2.05) is 0 Å². The van der Waals surface area contributed by atoms with Gasteiger partial charge in [-0.1, -0.05) is 39.3 Å². The predicted octanol–water partition coefficient (Wildman–Crippen LogP) is 6.12. The van der Waals surface area contributed by atoms with Crippen molar-refractivity contribution in [2.45, 2.75) is 129 Å². The Bertz CT molecular complexity index is 1440. The number of halogens is 6. The van der Waals surface area contributed by atoms with E-state index in [9.17, 15) is 26.4 Å². The van der Waals surface area contributed by atoms with Gasteiger partial charge in [0, 0.05) is 0 Å². The molecule has 5 N–H and O–H groups in total. The lowest BCUT2D eigenvalue weighted by Crippen LogP contribution is -2.39. The Balaban J connectivity index is 0.000000662. The van der Waals surface area contributed by atoms with Gasteiger partial charge in [0.25, 0.3) is 0 Å². The van der Waals surface area contributed by atoms with E-state index in [1.54, 1.807) is 0 Å². The van der Waals surface area contributed by atoms with Crippen LogP contribution >= 0.6 is 34.8 Å². The second-order valence-corrected chi connectivity index (χ2v) is 25.6. The van der Waals surface area contributed by atoms with E-state index in [-0.39, 0.29) is 29.2 Å². The lowest BCUT2D eigenvalue weighted by molar-refractivity contribution is -0.0503. The second-order valence-electron chi connectivity index (χ2n) is 13.6. The SMILES string of the molecule is CCC1OC(Cl)CC1C.CCC1OC(n2cnc(N)nc2=O)CC1C.C[Si](C)(C)OC1N=CNC(N)=N1.C[Si](C)(C)OS(=O)(=O)C(F)(F)F.ClCCl. The van der Waals surface area contributed by atoms with Crippen LogP contribution in [-0.2, 0) is 27.9 Å². The first-order valence-corrected chi connectivity index (χ1v) is 26.0. The smallest absolute Gasteiger partial charge is 0.379 e. The van der Waals surface area contributed by atoms with Gasteiger partial charge in [-0.25, -0.2) is 14.8 Å². The van der Waals surface area contributed by atoms with E-state index in [0.29, 0.717) is 23.9 Å². The van der Waals surface area contributed by atoms with Crippen LogP contribution in [0.3, 0.4) is 0 Å². The molecule has 7 atom stereocenters. The third-order valence-electron chi connectivity index (χ3n) is 6.68. The molecule has 3 aliphatic rings. The minimum absolute atomic E-state index is 0.000614. The summed E-state index contributed by atoms with van der Waals surface area (Å²) in [5, 5.41) is 2.86. The van der Waals surface area contributed by atoms with Crippen molar-refractivity contribution in [1.29, 1.82) is 0 Å². The maximum atomic E-state index is 11.7. The molecule has 2 saturated heterocycles. The van der Waals surface area contributed by atoms with Crippen molar-refractivity contribution in [2.75, 3.05) is 11.1 Å². The molecular weight excluding hydrogens is 812 g/mol. The number of nitrogens with one attached hydrogen (secondary N) is 1. The van der Waals surface area contributed by atoms with Crippen LogP contribution in [0.5, 0.6) is 0 Å². The summed E-state index contributed by atoms with van der Waals surface area (Å²) in [4.78, 5) is 26.9. The molecule has 0 aromatic carbocycles. The zero-order valence-electron chi connectivity index (χ0n) is 31.2. The summed E-state index contributed by atoms with van der Waals surface area (Å²) in [6.45, 7) is 18.8. The van der Waals surface area contributed by atoms with Crippen LogP contribution in [0.2, 0.25) is 39.3 Å². The predicted molar refractivity (Wildman–Crippen MR) is 205 cm³/mol. The molecule has 52 heavy (non-hydrogen) atoms. The molecule has 4 heterocycles. The van der Waals surface area contributed by atoms with E-state index < -0.39 is 44.3 Å². The Morgan fingerprint density at radius 1 is 1.00 bits per heavy atom. The number of nitrogens with zero attached hydrogens (tertiary/aromatic N) is 5. The van der Waals surface area contributed by atoms with Gasteiger partial charge in [0.15, 0.2) is 14.3 Å². The Labute approximate surface area is 321 Å². The lowest BCUT2D eigenvalue weighted by Gasteiger charge is -2.22. The van der Waals surface area contributed by atoms with Gasteiger partial charge < -0.3 is 34.6 Å². The molecule has 0 saturated carbocycles. The maximum absolute atomic E-state index is 11.7. The van der Waals surface area contributed by atoms with Gasteiger partial charge in [-0.2, -0.15) is 31.6 Å². The lowest BCUT2D eigenvalue weighted by atomic mass is 10.0. The van der Waals surface area contributed by atoms with Gasteiger partial charge in [-0.05, 0) is 76.8 Å². The molecule has 2 fully saturated rings. The third-order valence-corrected chi connectivity index (χ3v) is 11.3. The van der Waals surface area contributed by atoms with Crippen molar-refractivity contribution >= 4 is 79.8 Å². The molecule has 0 radical (unpaired) electrons. The number of hydrogen-bond acceptors (Lipinski definition) is 14. The van der Waals surface area contributed by atoms with Gasteiger partial charge in [-0.15, -0.1) is 23.2 Å². The minimum atomic E-state index is -5.39. The molecule has 0 aliphatic carbocycles. The quantitative estimate of drug-likeness (QED) is 0.161. The number of rotatable bonds is 7. The highest BCUT2D eigenvalue weighted by molar-refractivity contribution is 7.88. The Kier molecular flexibility index (Phi) is 22.0. The van der Waals surface area contributed by atoms with Crippen LogP contribution in [0.1, 0.15) is 59.6 Å². The molecule has 0 spiro atoms. The Morgan fingerprint density at radius 2 is 1.52 bits per heavy atom. The first-order valence-electron chi connectivity index (χ1n) is 16.3. The van der Waals surface area contributed by atoms with Crippen LogP contribution in [0.4, 0.5) is 19.1 Å². The van der Waals surface area contributed by atoms with E-state index in [0.717, 1.165) is 25.7 Å². The third kappa shape index (κ3) is 20.2. The summed E-state index contributed by atoms with van der Waals surface area (Å²) < 4.78 is 77.9. The van der Waals surface area contributed by atoms with Gasteiger partial charge in [0.05, 0.1) is 23.9 Å². The monoisotopic (exact) mass is 864 g/mol. The van der Waals surface area contributed by atoms with Crippen LogP contribution < -0.4 is 22.5 Å². The standard InChI is InChI=1S/C10H16N4O2.C7H13ClO.C6H14N4OSi.C4H9F3O3SSi.CH2Cl2/c1-3-7-6(2)4-8(16-7)14-5-12-9(11)13-10(14)15;1-3-6-5(2)4-7(8)9-6;1-12(2,3)11-6-9-4-8-5(7)10-6;1-12(2,3)10-11(8,9)4(5,6)7;2-1-3/h5-8H,3-4H2,1-2H3,(H2,11,13,15);5-7H,3-4H2,1-2H3;4,6H,1-3H3,(H3,7,8,9,10);1-3H3;1H2. The molecule has 304 valence electrons. The van der Waals surface area contributed by atoms with Crippen molar-refractivity contribution in [1.82, 2.24) is 19.9 Å². The molecule has 1 aromatic rings. The first-order chi connectivity index (χ1) is 23.7. The number of nitrogens with two attached hydrogens (primary N) is 2. The second kappa shape index (κ2) is 22.7. The van der Waals surface area contributed by atoms with Crippen LogP contribution in [0.25, 0.3) is 0 Å². The summed E-state index contributed by atoms with van der Waals surface area (Å²) >= 11 is 15.3. The largest absolute Gasteiger partial charge is 0.522 e. The summed E-state index contributed by atoms with van der Waals surface area (Å²) in [7, 11) is -9.68. The minimum Gasteiger partial charge on any atom is -0.379 e. The van der Waals surface area contributed by atoms with Crippen molar-refractivity contribution in [2.24, 2.45) is 27.6 Å². The topological polar surface area (TPSA) is 208 Å². The van der Waals surface area contributed by atoms with Crippen molar-refractivity contribution in [3.8, 4) is 0 Å². The number of anilines is 1. The summed E-state index contributed by atoms with van der Waals surface area (Å²) in [5.41, 5.74) is 5.02. The number of ether oxygens (including phenoxy) is 2. The number of aromatic nitrogens is 3. The Morgan fingerprint density at radius 3 is 1.87 bits per heavy atom. The van der Waals surface area contributed by atoms with E-state index in [1.165, 1.54) is 36.9 Å². The Hall–Kier alpha value is -1.57. The van der Waals surface area contributed by atoms with Crippen LogP contribution in [0.15, 0.2) is 21.1 Å². The van der Waals surface area contributed by atoms with E-state index in [2.05, 4.69) is 76.5 Å². The molecule has 0 bridgehead atoms. The van der Waals surface area contributed by atoms with Gasteiger partial charge in [-0.3, -0.25) is 4.57 Å². The average molecular weight is 866 g/mol. The molecule has 3 aliphatic heterocycles. The molecule has 24 heteroatoms. The van der Waals surface area contributed by atoms with Gasteiger partial charge in [0.2, 0.25) is 20.6 Å². The molecule has 0 amide bonds. The van der Waals surface area contributed by atoms with Gasteiger partial charge in [0.1, 0.15) is 18.1 Å². The summed E-state index contributed by atoms with van der Waals surface area (Å²) in [6.07, 6.45) is 6.68. The average Bonchev–Trinajstić information content (AvgIpc) is 3.51. The van der Waals surface area contributed by atoms with E-state index >= 15 is 0 Å². The maximum Gasteiger partial charge on any atom is 0.522 e. The van der Waals surface area contributed by atoms with Crippen molar-refractivity contribution in [3.63, 3.8) is 0 Å². The highest BCUT2D eigenvalue weighted by atomic mass is 35.5. The molecular formula is C28H54Cl3F3N8O7SSi2. The highest BCUT2D eigenvalue weighted by Gasteiger charge is 2.49. The number of guanidine groups is 1. The summed E-state index contributed by atoms with van der Waals surface area (Å²) in [5.74, 6) is 1.45. The highest BCUT2D eigenvalue weighted by Crippen LogP contribution is 2.33. The fraction of sp³-hybridized carbons (Fsp3) is 0.821. The fourth-order valence-corrected chi connectivity index (χ4v) is 8.69. The number of alkyl halides is 6. The number of aliphatic imine (C=N–C) groups is 2. The van der Waals surface area contributed by atoms with Crippen LogP contribution in [0, 0.1) is 11.8 Å².